The highest BCUT2D eigenvalue weighted by Gasteiger charge is 2.34. The van der Waals surface area contributed by atoms with Crippen molar-refractivity contribution in [3.8, 4) is 0 Å². The number of anilines is 1. The molecule has 1 aliphatic rings. The van der Waals surface area contributed by atoms with Gasteiger partial charge in [0.1, 0.15) is 5.82 Å². The number of sulfonamides is 1. The van der Waals surface area contributed by atoms with Gasteiger partial charge in [-0.3, -0.25) is 0 Å². The second kappa shape index (κ2) is 5.55. The Bertz CT molecular complexity index is 653. The summed E-state index contributed by atoms with van der Waals surface area (Å²) in [4.78, 5) is 0.0640. The maximum absolute atomic E-state index is 13.6. The molecule has 1 aromatic rings. The van der Waals surface area contributed by atoms with Gasteiger partial charge in [-0.05, 0) is 50.8 Å². The first-order valence-corrected chi connectivity index (χ1v) is 8.31. The third-order valence-corrected chi connectivity index (χ3v) is 5.88. The minimum Gasteiger partial charge on any atom is -0.396 e. The molecule has 2 rings (SSSR count). The molecule has 0 unspecified atom stereocenters. The second-order valence-electron chi connectivity index (χ2n) is 5.82. The van der Waals surface area contributed by atoms with Crippen molar-refractivity contribution in [2.75, 3.05) is 18.9 Å². The van der Waals surface area contributed by atoms with Crippen LogP contribution in [0.4, 0.5) is 10.1 Å². The fourth-order valence-electron chi connectivity index (χ4n) is 2.64. The van der Waals surface area contributed by atoms with Crippen LogP contribution in [0.2, 0.25) is 0 Å². The largest absolute Gasteiger partial charge is 0.396 e. The molecule has 1 aliphatic heterocycles. The van der Waals surface area contributed by atoms with Crippen LogP contribution in [0.25, 0.3) is 0 Å². The normalized spacial score (nSPS) is 18.7. The minimum atomic E-state index is -3.77. The third kappa shape index (κ3) is 3.20. The number of hydrogen-bond donors (Lipinski definition) is 2. The lowest BCUT2D eigenvalue weighted by atomic mass is 9.94. The van der Waals surface area contributed by atoms with E-state index < -0.39 is 21.4 Å². The Morgan fingerprint density at radius 1 is 1.33 bits per heavy atom. The summed E-state index contributed by atoms with van der Waals surface area (Å²) >= 11 is 0. The molecule has 0 atom stereocenters. The molecule has 0 bridgehead atoms. The number of benzene rings is 1. The van der Waals surface area contributed by atoms with E-state index in [1.807, 2.05) is 6.92 Å². The zero-order valence-corrected chi connectivity index (χ0v) is 13.3. The summed E-state index contributed by atoms with van der Waals surface area (Å²) in [6.07, 6.45) is 1.20. The van der Waals surface area contributed by atoms with Gasteiger partial charge in [-0.2, -0.15) is 0 Å². The fraction of sp³-hybridized carbons (Fsp3) is 0.571. The molecule has 1 fully saturated rings. The standard InChI is InChI=1S/C14H21FN2O3S/c1-9-8-11(15)12(16)10(2)13(9)21(18,19)17-14(3)4-6-20-7-5-14/h8,17H,4-7,16H2,1-3H3. The van der Waals surface area contributed by atoms with Gasteiger partial charge in [0.05, 0.1) is 10.6 Å². The van der Waals surface area contributed by atoms with Crippen molar-refractivity contribution in [1.82, 2.24) is 4.72 Å². The Kier molecular flexibility index (Phi) is 4.28. The Morgan fingerprint density at radius 3 is 2.48 bits per heavy atom. The Labute approximate surface area is 124 Å². The SMILES string of the molecule is Cc1cc(F)c(N)c(C)c1S(=O)(=O)NC1(C)CCOCC1. The van der Waals surface area contributed by atoms with Crippen LogP contribution in [0.1, 0.15) is 30.9 Å². The number of rotatable bonds is 3. The van der Waals surface area contributed by atoms with Crippen LogP contribution in [0.15, 0.2) is 11.0 Å². The summed E-state index contributed by atoms with van der Waals surface area (Å²) in [5.41, 5.74) is 5.54. The lowest BCUT2D eigenvalue weighted by Gasteiger charge is -2.34. The van der Waals surface area contributed by atoms with E-state index in [-0.39, 0.29) is 16.1 Å². The first-order valence-electron chi connectivity index (χ1n) is 6.83. The van der Waals surface area contributed by atoms with Gasteiger partial charge in [-0.25, -0.2) is 17.5 Å². The van der Waals surface area contributed by atoms with Gasteiger partial charge >= 0.3 is 0 Å². The highest BCUT2D eigenvalue weighted by Crippen LogP contribution is 2.30. The first-order chi connectivity index (χ1) is 9.66. The topological polar surface area (TPSA) is 81.4 Å². The van der Waals surface area contributed by atoms with E-state index in [0.29, 0.717) is 31.6 Å². The molecule has 0 spiro atoms. The Balaban J connectivity index is 2.43. The van der Waals surface area contributed by atoms with Gasteiger partial charge in [0, 0.05) is 18.8 Å². The molecule has 1 heterocycles. The predicted octanol–water partition coefficient (Wildman–Crippen LogP) is 1.87. The van der Waals surface area contributed by atoms with Crippen molar-refractivity contribution in [3.63, 3.8) is 0 Å². The number of nitrogens with one attached hydrogen (secondary N) is 1. The highest BCUT2D eigenvalue weighted by atomic mass is 32.2. The summed E-state index contributed by atoms with van der Waals surface area (Å²) in [5, 5.41) is 0. The van der Waals surface area contributed by atoms with Crippen LogP contribution < -0.4 is 10.5 Å². The molecule has 0 aromatic heterocycles. The van der Waals surface area contributed by atoms with Gasteiger partial charge in [0.15, 0.2) is 0 Å². The van der Waals surface area contributed by atoms with Crippen molar-refractivity contribution in [2.45, 2.75) is 44.0 Å². The molecule has 5 nitrogen and oxygen atoms in total. The zero-order chi connectivity index (χ0) is 15.8. The molecule has 7 heteroatoms. The molecule has 0 aliphatic carbocycles. The summed E-state index contributed by atoms with van der Waals surface area (Å²) in [6, 6.07) is 1.16. The monoisotopic (exact) mass is 316 g/mol. The molecule has 0 radical (unpaired) electrons. The summed E-state index contributed by atoms with van der Waals surface area (Å²) in [7, 11) is -3.77. The zero-order valence-electron chi connectivity index (χ0n) is 12.5. The van der Waals surface area contributed by atoms with Crippen LogP contribution in [0.5, 0.6) is 0 Å². The van der Waals surface area contributed by atoms with Crippen LogP contribution in [-0.2, 0) is 14.8 Å². The quantitative estimate of drug-likeness (QED) is 0.834. The lowest BCUT2D eigenvalue weighted by Crippen LogP contribution is -2.49. The van der Waals surface area contributed by atoms with E-state index >= 15 is 0 Å². The molecular formula is C14H21FN2O3S. The molecule has 0 saturated carbocycles. The van der Waals surface area contributed by atoms with Crippen LogP contribution >= 0.6 is 0 Å². The second-order valence-corrected chi connectivity index (χ2v) is 7.44. The molecule has 3 N–H and O–H groups in total. The van der Waals surface area contributed by atoms with Gasteiger partial charge in [-0.1, -0.05) is 0 Å². The van der Waals surface area contributed by atoms with E-state index in [2.05, 4.69) is 4.72 Å². The summed E-state index contributed by atoms with van der Waals surface area (Å²) in [6.45, 7) is 5.97. The summed E-state index contributed by atoms with van der Waals surface area (Å²) < 4.78 is 46.9. The van der Waals surface area contributed by atoms with Crippen LogP contribution in [0.3, 0.4) is 0 Å². The Morgan fingerprint density at radius 2 is 1.90 bits per heavy atom. The van der Waals surface area contributed by atoms with Gasteiger partial charge < -0.3 is 10.5 Å². The number of ether oxygens (including phenoxy) is 1. The molecule has 21 heavy (non-hydrogen) atoms. The Hall–Kier alpha value is -1.18. The number of nitrogen functional groups attached to an aromatic ring is 1. The van der Waals surface area contributed by atoms with Crippen LogP contribution in [0, 0.1) is 19.7 Å². The minimum absolute atomic E-state index is 0.0640. The fourth-order valence-corrected chi connectivity index (χ4v) is 4.59. The van der Waals surface area contributed by atoms with Crippen molar-refractivity contribution < 1.29 is 17.5 Å². The first kappa shape index (κ1) is 16.2. The van der Waals surface area contributed by atoms with Gasteiger partial charge in [0.2, 0.25) is 10.0 Å². The van der Waals surface area contributed by atoms with Crippen molar-refractivity contribution >= 4 is 15.7 Å². The van der Waals surface area contributed by atoms with E-state index in [1.54, 1.807) is 6.92 Å². The number of hydrogen-bond acceptors (Lipinski definition) is 4. The van der Waals surface area contributed by atoms with Crippen molar-refractivity contribution in [3.05, 3.63) is 23.0 Å². The van der Waals surface area contributed by atoms with E-state index in [4.69, 9.17) is 10.5 Å². The van der Waals surface area contributed by atoms with Crippen LogP contribution in [-0.4, -0.2) is 27.2 Å². The highest BCUT2D eigenvalue weighted by molar-refractivity contribution is 7.89. The average Bonchev–Trinajstić information content (AvgIpc) is 2.35. The van der Waals surface area contributed by atoms with Crippen molar-refractivity contribution in [2.24, 2.45) is 0 Å². The summed E-state index contributed by atoms with van der Waals surface area (Å²) in [5.74, 6) is -0.596. The maximum Gasteiger partial charge on any atom is 0.241 e. The maximum atomic E-state index is 13.6. The average molecular weight is 316 g/mol. The number of aryl methyl sites for hydroxylation is 1. The smallest absolute Gasteiger partial charge is 0.241 e. The number of nitrogens with two attached hydrogens (primary N) is 1. The predicted molar refractivity (Wildman–Crippen MR) is 79.1 cm³/mol. The lowest BCUT2D eigenvalue weighted by molar-refractivity contribution is 0.0537. The molecule has 118 valence electrons. The molecular weight excluding hydrogens is 295 g/mol. The third-order valence-electron chi connectivity index (χ3n) is 3.95. The molecule has 1 saturated heterocycles. The molecule has 0 amide bonds. The van der Waals surface area contributed by atoms with E-state index in [1.165, 1.54) is 6.92 Å². The van der Waals surface area contributed by atoms with Gasteiger partial charge in [-0.15, -0.1) is 0 Å². The van der Waals surface area contributed by atoms with Crippen molar-refractivity contribution in [1.29, 1.82) is 0 Å². The number of halogens is 1. The molecule has 1 aromatic carbocycles. The van der Waals surface area contributed by atoms with E-state index in [0.717, 1.165) is 6.07 Å². The van der Waals surface area contributed by atoms with E-state index in [9.17, 15) is 12.8 Å². The van der Waals surface area contributed by atoms with Gasteiger partial charge in [0.25, 0.3) is 0 Å².